The molecule has 0 radical (unpaired) electrons. The molecule has 0 bridgehead atoms. The summed E-state index contributed by atoms with van der Waals surface area (Å²) >= 11 is 12.2. The van der Waals surface area contributed by atoms with Gasteiger partial charge in [0.05, 0.1) is 21.5 Å². The monoisotopic (exact) mass is 370 g/mol. The molecule has 132 valence electrons. The number of amides is 1. The zero-order valence-corrected chi connectivity index (χ0v) is 15.9. The van der Waals surface area contributed by atoms with E-state index < -0.39 is 17.6 Å². The molecule has 0 aliphatic heterocycles. The highest BCUT2D eigenvalue weighted by Gasteiger charge is 2.45. The Morgan fingerprint density at radius 1 is 1.38 bits per heavy atom. The molecule has 1 rings (SSSR count). The molecule has 0 heterocycles. The lowest BCUT2D eigenvalue weighted by Gasteiger charge is -2.45. The Morgan fingerprint density at radius 3 is 2.42 bits per heavy atom. The smallest absolute Gasteiger partial charge is 0.404 e. The van der Waals surface area contributed by atoms with Crippen molar-refractivity contribution in [2.75, 3.05) is 7.05 Å². The normalized spacial score (nSPS) is 15.8. The summed E-state index contributed by atoms with van der Waals surface area (Å²) in [7, 11) is 1.66. The number of hydrogen-bond acceptors (Lipinski definition) is 2. The summed E-state index contributed by atoms with van der Waals surface area (Å²) in [6, 6.07) is 4.86. The van der Waals surface area contributed by atoms with E-state index in [9.17, 15) is 9.90 Å². The van der Waals surface area contributed by atoms with Crippen LogP contribution in [-0.2, 0) is 5.41 Å². The van der Waals surface area contributed by atoms with E-state index in [1.807, 2.05) is 26.8 Å². The van der Waals surface area contributed by atoms with Gasteiger partial charge in [0.15, 0.2) is 0 Å². The van der Waals surface area contributed by atoms with Gasteiger partial charge in [-0.25, -0.2) is 4.79 Å². The predicted molar refractivity (Wildman–Crippen MR) is 102 cm³/mol. The third-order valence-corrected chi connectivity index (χ3v) is 4.69. The lowest BCUT2D eigenvalue weighted by atomic mass is 9.64. The summed E-state index contributed by atoms with van der Waals surface area (Å²) in [5.41, 5.74) is -0.285. The summed E-state index contributed by atoms with van der Waals surface area (Å²) in [5.74, 6) is 0. The van der Waals surface area contributed by atoms with Crippen molar-refractivity contribution < 1.29 is 9.90 Å². The number of hydrogen-bond donors (Lipinski definition) is 2. The van der Waals surface area contributed by atoms with Crippen LogP contribution >= 0.6 is 23.2 Å². The van der Waals surface area contributed by atoms with Gasteiger partial charge in [-0.05, 0) is 29.5 Å². The van der Waals surface area contributed by atoms with Gasteiger partial charge in [-0.15, -0.1) is 6.58 Å². The molecule has 6 heteroatoms. The first-order valence-electron chi connectivity index (χ1n) is 7.57. The van der Waals surface area contributed by atoms with E-state index in [0.29, 0.717) is 16.5 Å². The molecule has 0 aromatic heterocycles. The summed E-state index contributed by atoms with van der Waals surface area (Å²) in [5, 5.41) is 12.9. The van der Waals surface area contributed by atoms with Gasteiger partial charge >= 0.3 is 6.09 Å². The third-order valence-electron chi connectivity index (χ3n) is 3.95. The van der Waals surface area contributed by atoms with Crippen molar-refractivity contribution in [2.24, 2.45) is 10.4 Å². The van der Waals surface area contributed by atoms with Crippen molar-refractivity contribution in [1.29, 1.82) is 0 Å². The van der Waals surface area contributed by atoms with Crippen LogP contribution in [0.1, 0.15) is 32.8 Å². The van der Waals surface area contributed by atoms with Gasteiger partial charge in [0.2, 0.25) is 0 Å². The van der Waals surface area contributed by atoms with Gasteiger partial charge in [-0.3, -0.25) is 4.99 Å². The third kappa shape index (κ3) is 4.52. The summed E-state index contributed by atoms with van der Waals surface area (Å²) in [6.45, 7) is 9.78. The fourth-order valence-corrected chi connectivity index (χ4v) is 3.40. The molecular formula is C18H24Cl2N2O2. The Hall–Kier alpha value is -1.52. The van der Waals surface area contributed by atoms with Crippen LogP contribution in [0.5, 0.6) is 0 Å². The SMILES string of the molecule is C=CCC(C=NC)(c1ccc(Cl)c(Cl)c1)C(NC(=O)O)C(C)(C)C. The topological polar surface area (TPSA) is 61.7 Å². The second kappa shape index (κ2) is 8.04. The zero-order chi connectivity index (χ0) is 18.5. The van der Waals surface area contributed by atoms with E-state index >= 15 is 0 Å². The van der Waals surface area contributed by atoms with Crippen molar-refractivity contribution in [3.63, 3.8) is 0 Å². The Labute approximate surface area is 153 Å². The fourth-order valence-electron chi connectivity index (χ4n) is 3.10. The molecule has 0 aliphatic carbocycles. The first-order chi connectivity index (χ1) is 11.1. The number of halogens is 2. The second-order valence-electron chi connectivity index (χ2n) is 6.80. The molecule has 1 aromatic rings. The summed E-state index contributed by atoms with van der Waals surface area (Å²) in [4.78, 5) is 15.7. The molecule has 2 N–H and O–H groups in total. The number of rotatable bonds is 6. The van der Waals surface area contributed by atoms with Gasteiger partial charge in [0.1, 0.15) is 0 Å². The number of nitrogens with zero attached hydrogens (tertiary/aromatic N) is 1. The highest BCUT2D eigenvalue weighted by Crippen LogP contribution is 2.41. The molecule has 2 unspecified atom stereocenters. The molecule has 24 heavy (non-hydrogen) atoms. The standard InChI is InChI=1S/C18H24Cl2N2O2/c1-6-9-18(11-21-5,12-7-8-13(19)14(20)10-12)15(17(2,3)4)22-16(23)24/h6-8,10-11,15,22H,1,9H2,2-5H3,(H,23,24). The maximum absolute atomic E-state index is 11.4. The maximum atomic E-state index is 11.4. The van der Waals surface area contributed by atoms with E-state index in [1.165, 1.54) is 0 Å². The van der Waals surface area contributed by atoms with Crippen molar-refractivity contribution in [1.82, 2.24) is 5.32 Å². The van der Waals surface area contributed by atoms with Crippen LogP contribution in [0.25, 0.3) is 0 Å². The first-order valence-corrected chi connectivity index (χ1v) is 8.33. The highest BCUT2D eigenvalue weighted by molar-refractivity contribution is 6.42. The maximum Gasteiger partial charge on any atom is 0.404 e. The van der Waals surface area contributed by atoms with Crippen LogP contribution in [0.15, 0.2) is 35.8 Å². The van der Waals surface area contributed by atoms with Crippen molar-refractivity contribution in [3.05, 3.63) is 46.5 Å². The number of carboxylic acid groups (broad SMARTS) is 1. The van der Waals surface area contributed by atoms with Crippen molar-refractivity contribution in [3.8, 4) is 0 Å². The molecule has 1 amide bonds. The number of benzene rings is 1. The van der Waals surface area contributed by atoms with Gasteiger partial charge in [0, 0.05) is 13.3 Å². The molecule has 0 saturated carbocycles. The number of nitrogens with one attached hydrogen (secondary N) is 1. The zero-order valence-electron chi connectivity index (χ0n) is 14.4. The van der Waals surface area contributed by atoms with Gasteiger partial charge in [0.25, 0.3) is 0 Å². The van der Waals surface area contributed by atoms with E-state index in [0.717, 1.165) is 5.56 Å². The highest BCUT2D eigenvalue weighted by atomic mass is 35.5. The van der Waals surface area contributed by atoms with Crippen LogP contribution in [0.2, 0.25) is 10.0 Å². The van der Waals surface area contributed by atoms with Gasteiger partial charge in [-0.2, -0.15) is 0 Å². The molecular weight excluding hydrogens is 347 g/mol. The fraction of sp³-hybridized carbons (Fsp3) is 0.444. The molecule has 4 nitrogen and oxygen atoms in total. The average molecular weight is 371 g/mol. The van der Waals surface area contributed by atoms with E-state index in [1.54, 1.807) is 31.5 Å². The largest absolute Gasteiger partial charge is 0.465 e. The average Bonchev–Trinajstić information content (AvgIpc) is 2.46. The van der Waals surface area contributed by atoms with Crippen molar-refractivity contribution in [2.45, 2.75) is 38.6 Å². The van der Waals surface area contributed by atoms with Crippen LogP contribution in [0.4, 0.5) is 4.79 Å². The van der Waals surface area contributed by atoms with Crippen LogP contribution < -0.4 is 5.32 Å². The lowest BCUT2D eigenvalue weighted by molar-refractivity contribution is 0.157. The van der Waals surface area contributed by atoms with Crippen LogP contribution in [0.3, 0.4) is 0 Å². The Bertz CT molecular complexity index is 638. The quantitative estimate of drug-likeness (QED) is 0.534. The Balaban J connectivity index is 3.69. The van der Waals surface area contributed by atoms with Crippen LogP contribution in [-0.4, -0.2) is 30.5 Å². The van der Waals surface area contributed by atoms with E-state index in [4.69, 9.17) is 23.2 Å². The second-order valence-corrected chi connectivity index (χ2v) is 7.61. The number of carbonyl (C=O) groups is 1. The lowest BCUT2D eigenvalue weighted by Crippen LogP contribution is -2.57. The predicted octanol–water partition coefficient (Wildman–Crippen LogP) is 5.19. The van der Waals surface area contributed by atoms with Crippen molar-refractivity contribution >= 4 is 35.5 Å². The molecule has 1 aromatic carbocycles. The number of aliphatic imine (C=N–C) groups is 1. The molecule has 0 fully saturated rings. The minimum atomic E-state index is -1.09. The number of allylic oxidation sites excluding steroid dienone is 1. The molecule has 0 aliphatic rings. The van der Waals surface area contributed by atoms with Crippen LogP contribution in [0, 0.1) is 5.41 Å². The van der Waals surface area contributed by atoms with E-state index in [-0.39, 0.29) is 5.41 Å². The molecule has 0 saturated heterocycles. The Kier molecular flexibility index (Phi) is 6.87. The minimum Gasteiger partial charge on any atom is -0.465 e. The van der Waals surface area contributed by atoms with Gasteiger partial charge < -0.3 is 10.4 Å². The molecule has 0 spiro atoms. The van der Waals surface area contributed by atoms with E-state index in [2.05, 4.69) is 16.9 Å². The molecule has 2 atom stereocenters. The minimum absolute atomic E-state index is 0.380. The summed E-state index contributed by atoms with van der Waals surface area (Å²) < 4.78 is 0. The first kappa shape index (κ1) is 20.5. The summed E-state index contributed by atoms with van der Waals surface area (Å²) in [6.07, 6.45) is 2.92. The van der Waals surface area contributed by atoms with Gasteiger partial charge in [-0.1, -0.05) is 56.1 Å². The Morgan fingerprint density at radius 2 is 2.00 bits per heavy atom.